The lowest BCUT2D eigenvalue weighted by atomic mass is 9.63. The molecular formula is C33H45N5O3S. The number of carbonyl (C=O) groups is 2. The lowest BCUT2D eigenvalue weighted by molar-refractivity contribution is -0.139. The van der Waals surface area contributed by atoms with Crippen LogP contribution in [0.5, 0.6) is 0 Å². The SMILES string of the molecule is CC1(C)CCC(C)(C)c2cc(-c3csc(C4CCN(C(=O)[C@H](Cc5cnc[nH]5)N(C(=O)O)C(C)(C)C)CC4)n3)ccc21. The van der Waals surface area contributed by atoms with Crippen molar-refractivity contribution < 1.29 is 14.7 Å². The number of imidazole rings is 1. The Labute approximate surface area is 253 Å². The number of thiazole rings is 1. The number of nitrogens with one attached hydrogen (secondary N) is 1. The zero-order chi connectivity index (χ0) is 30.4. The van der Waals surface area contributed by atoms with Crippen molar-refractivity contribution in [1.82, 2.24) is 24.8 Å². The molecule has 8 nitrogen and oxygen atoms in total. The van der Waals surface area contributed by atoms with Gasteiger partial charge in [-0.1, -0.05) is 39.8 Å². The molecule has 42 heavy (non-hydrogen) atoms. The molecular weight excluding hydrogens is 546 g/mol. The Bertz CT molecular complexity index is 1430. The summed E-state index contributed by atoms with van der Waals surface area (Å²) in [4.78, 5) is 41.5. The molecule has 2 N–H and O–H groups in total. The number of fused-ring (bicyclic) bond motifs is 1. The van der Waals surface area contributed by atoms with Gasteiger partial charge in [0.05, 0.1) is 17.0 Å². The number of likely N-dealkylation sites (tertiary alicyclic amines) is 1. The summed E-state index contributed by atoms with van der Waals surface area (Å²) in [5.41, 5.74) is 5.43. The molecule has 2 aromatic heterocycles. The Hall–Kier alpha value is -3.20. The predicted molar refractivity (Wildman–Crippen MR) is 167 cm³/mol. The fourth-order valence-electron chi connectivity index (χ4n) is 6.69. The molecule has 5 rings (SSSR count). The van der Waals surface area contributed by atoms with Crippen LogP contribution in [0.1, 0.15) is 102 Å². The largest absolute Gasteiger partial charge is 0.465 e. The minimum absolute atomic E-state index is 0.150. The molecule has 1 saturated heterocycles. The van der Waals surface area contributed by atoms with E-state index in [9.17, 15) is 14.7 Å². The van der Waals surface area contributed by atoms with Crippen LogP contribution in [-0.2, 0) is 22.0 Å². The van der Waals surface area contributed by atoms with Gasteiger partial charge in [0.25, 0.3) is 0 Å². The first-order valence-electron chi connectivity index (χ1n) is 15.1. The fourth-order valence-corrected chi connectivity index (χ4v) is 7.70. The van der Waals surface area contributed by atoms with E-state index in [2.05, 4.69) is 61.2 Å². The van der Waals surface area contributed by atoms with Gasteiger partial charge in [0.15, 0.2) is 0 Å². The average Bonchev–Trinajstić information content (AvgIpc) is 3.62. The highest BCUT2D eigenvalue weighted by molar-refractivity contribution is 7.10. The molecule has 1 aliphatic carbocycles. The molecule has 2 amide bonds. The molecule has 9 heteroatoms. The molecule has 1 aliphatic heterocycles. The summed E-state index contributed by atoms with van der Waals surface area (Å²) in [7, 11) is 0. The Morgan fingerprint density at radius 3 is 2.38 bits per heavy atom. The summed E-state index contributed by atoms with van der Waals surface area (Å²) >= 11 is 1.71. The molecule has 0 radical (unpaired) electrons. The number of hydrogen-bond acceptors (Lipinski definition) is 5. The molecule has 3 heterocycles. The maximum Gasteiger partial charge on any atom is 0.408 e. The number of hydrogen-bond donors (Lipinski definition) is 2. The number of nitrogens with zero attached hydrogens (tertiary/aromatic N) is 4. The van der Waals surface area contributed by atoms with E-state index in [0.29, 0.717) is 13.1 Å². The van der Waals surface area contributed by atoms with Crippen LogP contribution in [0.25, 0.3) is 11.3 Å². The van der Waals surface area contributed by atoms with Gasteiger partial charge < -0.3 is 15.0 Å². The molecule has 2 aliphatic rings. The van der Waals surface area contributed by atoms with Crippen molar-refractivity contribution in [3.8, 4) is 11.3 Å². The van der Waals surface area contributed by atoms with Crippen molar-refractivity contribution in [3.05, 3.63) is 57.9 Å². The maximum atomic E-state index is 13.8. The Morgan fingerprint density at radius 1 is 1.12 bits per heavy atom. The zero-order valence-electron chi connectivity index (χ0n) is 26.0. The molecule has 3 aromatic rings. The Balaban J connectivity index is 1.30. The van der Waals surface area contributed by atoms with Crippen LogP contribution in [0, 0.1) is 0 Å². The van der Waals surface area contributed by atoms with Crippen LogP contribution < -0.4 is 0 Å². The second kappa shape index (κ2) is 11.1. The number of piperidine rings is 1. The minimum atomic E-state index is -1.10. The standard InChI is InChI=1S/C33H45N5O3S/c1-31(2,3)38(30(40)41)27(17-23-18-34-20-35-23)29(39)37-14-10-21(11-15-37)28-36-26(19-42-28)22-8-9-24-25(16-22)33(6,7)13-12-32(24,4)5/h8-9,16,18-21,27H,10-15,17H2,1-7H3,(H,34,35)(H,40,41)/t27-/m0/s1. The number of amides is 2. The highest BCUT2D eigenvalue weighted by Gasteiger charge is 2.41. The monoisotopic (exact) mass is 591 g/mol. The van der Waals surface area contributed by atoms with Crippen LogP contribution in [0.15, 0.2) is 36.1 Å². The molecule has 1 aromatic carbocycles. The van der Waals surface area contributed by atoms with E-state index in [4.69, 9.17) is 4.98 Å². The number of carboxylic acid groups (broad SMARTS) is 1. The molecule has 0 spiro atoms. The molecule has 0 saturated carbocycles. The van der Waals surface area contributed by atoms with Gasteiger partial charge in [0, 0.05) is 53.8 Å². The topological polar surface area (TPSA) is 102 Å². The lowest BCUT2D eigenvalue weighted by Gasteiger charge is -2.42. The van der Waals surface area contributed by atoms with Gasteiger partial charge >= 0.3 is 6.09 Å². The lowest BCUT2D eigenvalue weighted by Crippen LogP contribution is -2.59. The summed E-state index contributed by atoms with van der Waals surface area (Å²) in [6.07, 6.45) is 6.36. The second-order valence-corrected chi connectivity index (χ2v) is 15.2. The van der Waals surface area contributed by atoms with Crippen LogP contribution in [0.2, 0.25) is 0 Å². The zero-order valence-corrected chi connectivity index (χ0v) is 26.8. The number of aromatic amines is 1. The predicted octanol–water partition coefficient (Wildman–Crippen LogP) is 6.98. The van der Waals surface area contributed by atoms with E-state index in [1.807, 2.05) is 25.7 Å². The minimum Gasteiger partial charge on any atom is -0.465 e. The molecule has 1 fully saturated rings. The van der Waals surface area contributed by atoms with Crippen molar-refractivity contribution in [1.29, 1.82) is 0 Å². The summed E-state index contributed by atoms with van der Waals surface area (Å²) in [6, 6.07) is 6.07. The van der Waals surface area contributed by atoms with Crippen molar-refractivity contribution in [3.63, 3.8) is 0 Å². The number of carbonyl (C=O) groups excluding carboxylic acids is 1. The second-order valence-electron chi connectivity index (χ2n) is 14.3. The van der Waals surface area contributed by atoms with Crippen molar-refractivity contribution in [2.75, 3.05) is 13.1 Å². The third-order valence-electron chi connectivity index (χ3n) is 9.32. The Morgan fingerprint density at radius 2 is 1.79 bits per heavy atom. The van der Waals surface area contributed by atoms with Crippen molar-refractivity contribution in [2.24, 2.45) is 0 Å². The number of H-pyrrole nitrogens is 1. The first kappa shape index (κ1) is 30.3. The summed E-state index contributed by atoms with van der Waals surface area (Å²) < 4.78 is 0. The first-order chi connectivity index (χ1) is 19.7. The Kier molecular flexibility index (Phi) is 8.02. The quantitative estimate of drug-likeness (QED) is 0.322. The van der Waals surface area contributed by atoms with E-state index < -0.39 is 17.7 Å². The third-order valence-corrected chi connectivity index (χ3v) is 10.3. The van der Waals surface area contributed by atoms with Gasteiger partial charge in [-0.25, -0.2) is 14.8 Å². The van der Waals surface area contributed by atoms with E-state index in [-0.39, 0.29) is 29.1 Å². The smallest absolute Gasteiger partial charge is 0.408 e. The van der Waals surface area contributed by atoms with E-state index in [1.165, 1.54) is 34.4 Å². The summed E-state index contributed by atoms with van der Waals surface area (Å²) in [5.74, 6) is 0.129. The molecule has 0 unspecified atom stereocenters. The van der Waals surface area contributed by atoms with Gasteiger partial charge in [-0.3, -0.25) is 9.69 Å². The molecule has 226 valence electrons. The summed E-state index contributed by atoms with van der Waals surface area (Å²) in [6.45, 7) is 16.0. The van der Waals surface area contributed by atoms with Crippen LogP contribution in [0.3, 0.4) is 0 Å². The first-order valence-corrected chi connectivity index (χ1v) is 15.9. The number of benzene rings is 1. The van der Waals surface area contributed by atoms with Gasteiger partial charge in [-0.15, -0.1) is 11.3 Å². The normalized spacial score (nSPS) is 19.3. The van der Waals surface area contributed by atoms with Gasteiger partial charge in [0.2, 0.25) is 5.91 Å². The molecule has 1 atom stereocenters. The van der Waals surface area contributed by atoms with Gasteiger partial charge in [0.1, 0.15) is 6.04 Å². The van der Waals surface area contributed by atoms with E-state index in [1.54, 1.807) is 23.9 Å². The van der Waals surface area contributed by atoms with Gasteiger partial charge in [-0.2, -0.15) is 0 Å². The number of rotatable bonds is 6. The fraction of sp³-hybridized carbons (Fsp3) is 0.576. The average molecular weight is 592 g/mol. The molecule has 0 bridgehead atoms. The highest BCUT2D eigenvalue weighted by atomic mass is 32.1. The highest BCUT2D eigenvalue weighted by Crippen LogP contribution is 2.47. The van der Waals surface area contributed by atoms with Crippen molar-refractivity contribution >= 4 is 23.3 Å². The van der Waals surface area contributed by atoms with E-state index >= 15 is 0 Å². The van der Waals surface area contributed by atoms with Crippen LogP contribution >= 0.6 is 11.3 Å². The van der Waals surface area contributed by atoms with E-state index in [0.717, 1.165) is 29.2 Å². The summed E-state index contributed by atoms with van der Waals surface area (Å²) in [5, 5.41) is 13.4. The third kappa shape index (κ3) is 5.98. The van der Waals surface area contributed by atoms with Gasteiger partial charge in [-0.05, 0) is 74.5 Å². The van der Waals surface area contributed by atoms with Crippen molar-refractivity contribution in [2.45, 2.75) is 109 Å². The number of aromatic nitrogens is 3. The maximum absolute atomic E-state index is 13.8. The van der Waals surface area contributed by atoms with Crippen LogP contribution in [0.4, 0.5) is 4.79 Å². The van der Waals surface area contributed by atoms with Crippen LogP contribution in [-0.4, -0.2) is 66.5 Å².